The van der Waals surface area contributed by atoms with E-state index in [1.165, 1.54) is 6.33 Å². The second kappa shape index (κ2) is 8.17. The molecule has 0 spiro atoms. The first-order valence-corrected chi connectivity index (χ1v) is 7.64. The zero-order valence-corrected chi connectivity index (χ0v) is 13.8. The lowest BCUT2D eigenvalue weighted by atomic mass is 10.2. The Balaban J connectivity index is 1.91. The lowest BCUT2D eigenvalue weighted by Crippen LogP contribution is -2.23. The summed E-state index contributed by atoms with van der Waals surface area (Å²) in [4.78, 5) is 3.94. The Kier molecular flexibility index (Phi) is 6.24. The molecule has 1 aromatic carbocycles. The van der Waals surface area contributed by atoms with Crippen molar-refractivity contribution in [2.75, 3.05) is 13.2 Å². The number of hydrogen-bond donors (Lipinski definition) is 1. The van der Waals surface area contributed by atoms with Gasteiger partial charge in [-0.05, 0) is 24.6 Å². The molecule has 1 unspecified atom stereocenters. The Morgan fingerprint density at radius 2 is 2.14 bits per heavy atom. The van der Waals surface area contributed by atoms with Crippen molar-refractivity contribution in [3.63, 3.8) is 0 Å². The van der Waals surface area contributed by atoms with Gasteiger partial charge < -0.3 is 10.1 Å². The van der Waals surface area contributed by atoms with Crippen LogP contribution in [-0.4, -0.2) is 27.9 Å². The van der Waals surface area contributed by atoms with Crippen molar-refractivity contribution in [3.05, 3.63) is 53.1 Å². The van der Waals surface area contributed by atoms with Crippen molar-refractivity contribution in [1.82, 2.24) is 20.1 Å². The summed E-state index contributed by atoms with van der Waals surface area (Å²) in [7, 11) is 0. The van der Waals surface area contributed by atoms with Gasteiger partial charge in [0.05, 0.1) is 16.1 Å². The molecule has 0 saturated carbocycles. The van der Waals surface area contributed by atoms with Crippen LogP contribution in [0.2, 0.25) is 10.0 Å². The molecule has 1 heterocycles. The second-order valence-corrected chi connectivity index (χ2v) is 5.66. The predicted molar refractivity (Wildman–Crippen MR) is 88.6 cm³/mol. The van der Waals surface area contributed by atoms with Crippen molar-refractivity contribution in [2.45, 2.75) is 19.5 Å². The number of rotatable bonds is 8. The first-order chi connectivity index (χ1) is 10.6. The third-order valence-corrected chi connectivity index (χ3v) is 3.62. The Bertz CT molecular complexity index is 593. The quantitative estimate of drug-likeness (QED) is 0.747. The third kappa shape index (κ3) is 4.47. The molecule has 0 fully saturated rings. The average Bonchev–Trinajstić information content (AvgIpc) is 3.00. The fraction of sp³-hybridized carbons (Fsp3) is 0.333. The van der Waals surface area contributed by atoms with Gasteiger partial charge in [0.1, 0.15) is 19.3 Å². The summed E-state index contributed by atoms with van der Waals surface area (Å²) in [5.41, 5.74) is 0.992. The van der Waals surface area contributed by atoms with Gasteiger partial charge in [0.15, 0.2) is 5.75 Å². The fourth-order valence-electron chi connectivity index (χ4n) is 1.96. The SMILES string of the molecule is C=CCOc1c(Cl)cc(CNCC(C)n2cncn2)cc1Cl. The lowest BCUT2D eigenvalue weighted by molar-refractivity contribution is 0.363. The topological polar surface area (TPSA) is 52.0 Å². The molecule has 0 bridgehead atoms. The van der Waals surface area contributed by atoms with Crippen LogP contribution >= 0.6 is 23.2 Å². The molecule has 0 aliphatic carbocycles. The van der Waals surface area contributed by atoms with Gasteiger partial charge in [-0.1, -0.05) is 35.9 Å². The summed E-state index contributed by atoms with van der Waals surface area (Å²) < 4.78 is 7.25. The summed E-state index contributed by atoms with van der Waals surface area (Å²) in [5.74, 6) is 0.489. The molecule has 2 rings (SSSR count). The van der Waals surface area contributed by atoms with E-state index in [9.17, 15) is 0 Å². The molecule has 5 nitrogen and oxygen atoms in total. The van der Waals surface area contributed by atoms with E-state index in [0.29, 0.717) is 28.9 Å². The van der Waals surface area contributed by atoms with E-state index < -0.39 is 0 Å². The van der Waals surface area contributed by atoms with E-state index in [-0.39, 0.29) is 6.04 Å². The molecule has 22 heavy (non-hydrogen) atoms. The monoisotopic (exact) mass is 340 g/mol. The Morgan fingerprint density at radius 1 is 1.41 bits per heavy atom. The minimum Gasteiger partial charge on any atom is -0.486 e. The van der Waals surface area contributed by atoms with Gasteiger partial charge in [0.25, 0.3) is 0 Å². The lowest BCUT2D eigenvalue weighted by Gasteiger charge is -2.14. The molecule has 118 valence electrons. The Hall–Kier alpha value is -1.56. The zero-order valence-electron chi connectivity index (χ0n) is 12.3. The fourth-order valence-corrected chi connectivity index (χ4v) is 2.60. The van der Waals surface area contributed by atoms with Gasteiger partial charge in [-0.3, -0.25) is 0 Å². The van der Waals surface area contributed by atoms with Crippen LogP contribution in [0, 0.1) is 0 Å². The predicted octanol–water partition coefficient (Wildman–Crippen LogP) is 3.50. The van der Waals surface area contributed by atoms with E-state index in [1.807, 2.05) is 12.1 Å². The van der Waals surface area contributed by atoms with Crippen LogP contribution in [0.3, 0.4) is 0 Å². The summed E-state index contributed by atoms with van der Waals surface area (Å²) in [6.45, 7) is 7.44. The minimum atomic E-state index is 0.212. The Morgan fingerprint density at radius 3 is 2.73 bits per heavy atom. The molecule has 1 aromatic heterocycles. The molecule has 0 saturated heterocycles. The molecular formula is C15H18Cl2N4O. The summed E-state index contributed by atoms with van der Waals surface area (Å²) in [6.07, 6.45) is 4.87. The molecule has 2 aromatic rings. The maximum atomic E-state index is 6.20. The van der Waals surface area contributed by atoms with Crippen molar-refractivity contribution < 1.29 is 4.74 Å². The maximum absolute atomic E-state index is 6.20. The number of aromatic nitrogens is 3. The standard InChI is InChI=1S/C15H18Cl2N4O/c1-3-4-22-15-13(16)5-12(6-14(15)17)8-18-7-11(2)21-10-19-9-20-21/h3,5-6,9-11,18H,1,4,7-8H2,2H3. The Labute approximate surface area is 139 Å². The summed E-state index contributed by atoms with van der Waals surface area (Å²) >= 11 is 12.4. The van der Waals surface area contributed by atoms with Gasteiger partial charge in [-0.15, -0.1) is 0 Å². The number of hydrogen-bond acceptors (Lipinski definition) is 4. The van der Waals surface area contributed by atoms with E-state index in [4.69, 9.17) is 27.9 Å². The van der Waals surface area contributed by atoms with Gasteiger partial charge in [0, 0.05) is 13.1 Å². The van der Waals surface area contributed by atoms with Crippen LogP contribution in [-0.2, 0) is 6.54 Å². The average molecular weight is 341 g/mol. The number of nitrogens with one attached hydrogen (secondary N) is 1. The first-order valence-electron chi connectivity index (χ1n) is 6.88. The molecule has 0 radical (unpaired) electrons. The maximum Gasteiger partial charge on any atom is 0.156 e. The number of halogens is 2. The van der Waals surface area contributed by atoms with Crippen molar-refractivity contribution in [1.29, 1.82) is 0 Å². The van der Waals surface area contributed by atoms with Gasteiger partial charge in [-0.25, -0.2) is 9.67 Å². The smallest absolute Gasteiger partial charge is 0.156 e. The largest absolute Gasteiger partial charge is 0.486 e. The highest BCUT2D eigenvalue weighted by Gasteiger charge is 2.10. The van der Waals surface area contributed by atoms with E-state index in [0.717, 1.165) is 12.1 Å². The van der Waals surface area contributed by atoms with Gasteiger partial charge >= 0.3 is 0 Å². The third-order valence-electron chi connectivity index (χ3n) is 3.06. The second-order valence-electron chi connectivity index (χ2n) is 4.84. The molecule has 0 aliphatic heterocycles. The highest BCUT2D eigenvalue weighted by Crippen LogP contribution is 2.34. The van der Waals surface area contributed by atoms with Crippen molar-refractivity contribution in [3.8, 4) is 5.75 Å². The molecule has 0 amide bonds. The zero-order chi connectivity index (χ0) is 15.9. The van der Waals surface area contributed by atoms with Crippen LogP contribution < -0.4 is 10.1 Å². The summed E-state index contributed by atoms with van der Waals surface area (Å²) in [5, 5.41) is 8.44. The van der Waals surface area contributed by atoms with Crippen LogP contribution in [0.5, 0.6) is 5.75 Å². The van der Waals surface area contributed by atoms with Crippen LogP contribution in [0.25, 0.3) is 0 Å². The van der Waals surface area contributed by atoms with Crippen LogP contribution in [0.15, 0.2) is 37.4 Å². The highest BCUT2D eigenvalue weighted by molar-refractivity contribution is 6.37. The normalized spacial score (nSPS) is 12.1. The summed E-state index contributed by atoms with van der Waals surface area (Å²) in [6, 6.07) is 3.90. The number of ether oxygens (including phenoxy) is 1. The molecule has 1 N–H and O–H groups in total. The van der Waals surface area contributed by atoms with Crippen LogP contribution in [0.4, 0.5) is 0 Å². The first kappa shape index (κ1) is 16.8. The molecule has 0 aliphatic rings. The highest BCUT2D eigenvalue weighted by atomic mass is 35.5. The molecule has 7 heteroatoms. The molecule has 1 atom stereocenters. The number of benzene rings is 1. The van der Waals surface area contributed by atoms with Gasteiger partial charge in [0.2, 0.25) is 0 Å². The van der Waals surface area contributed by atoms with Crippen molar-refractivity contribution >= 4 is 23.2 Å². The van der Waals surface area contributed by atoms with Gasteiger partial charge in [-0.2, -0.15) is 5.10 Å². The van der Waals surface area contributed by atoms with E-state index in [2.05, 4.69) is 28.9 Å². The minimum absolute atomic E-state index is 0.212. The van der Waals surface area contributed by atoms with E-state index in [1.54, 1.807) is 17.1 Å². The van der Waals surface area contributed by atoms with Crippen LogP contribution in [0.1, 0.15) is 18.5 Å². The number of nitrogens with zero attached hydrogens (tertiary/aromatic N) is 3. The van der Waals surface area contributed by atoms with E-state index >= 15 is 0 Å². The molecular weight excluding hydrogens is 323 g/mol. The van der Waals surface area contributed by atoms with Crippen molar-refractivity contribution in [2.24, 2.45) is 0 Å².